The van der Waals surface area contributed by atoms with Crippen LogP contribution in [0.1, 0.15) is 25.7 Å². The van der Waals surface area contributed by atoms with Crippen molar-refractivity contribution in [1.29, 1.82) is 0 Å². The van der Waals surface area contributed by atoms with Gasteiger partial charge in [0, 0.05) is 12.6 Å². The Labute approximate surface area is 126 Å². The minimum absolute atomic E-state index is 0.687. The molecule has 0 unspecified atom stereocenters. The average Bonchev–Trinajstić information content (AvgIpc) is 3.02. The second-order valence-electron chi connectivity index (χ2n) is 5.59. The second kappa shape index (κ2) is 7.27. The number of ether oxygens (including phenoxy) is 1. The fourth-order valence-electron chi connectivity index (χ4n) is 2.79. The van der Waals surface area contributed by atoms with Crippen LogP contribution in [0.2, 0.25) is 0 Å². The van der Waals surface area contributed by atoms with Gasteiger partial charge >= 0.3 is 0 Å². The molecule has 1 N–H and O–H groups in total. The average molecular weight is 285 g/mol. The van der Waals surface area contributed by atoms with Crippen LogP contribution in [-0.4, -0.2) is 41.3 Å². The van der Waals surface area contributed by atoms with Crippen molar-refractivity contribution in [2.45, 2.75) is 25.7 Å². The molecule has 1 aliphatic heterocycles. The molecular weight excluding hydrogens is 262 g/mol. The van der Waals surface area contributed by atoms with Crippen LogP contribution >= 0.6 is 0 Å². The summed E-state index contributed by atoms with van der Waals surface area (Å²) in [7, 11) is 0. The van der Waals surface area contributed by atoms with Crippen molar-refractivity contribution in [2.24, 2.45) is 0 Å². The van der Waals surface area contributed by atoms with E-state index in [4.69, 9.17) is 4.74 Å². The highest BCUT2D eigenvalue weighted by atomic mass is 16.5. The number of aromatic nitrogens is 2. The lowest BCUT2D eigenvalue weighted by Crippen LogP contribution is -2.31. The summed E-state index contributed by atoms with van der Waals surface area (Å²) in [5.74, 6) is 0.687. The lowest BCUT2D eigenvalue weighted by Gasteiger charge is -2.26. The molecule has 4 heteroatoms. The number of nitrogens with one attached hydrogen (secondary N) is 1. The van der Waals surface area contributed by atoms with Gasteiger partial charge in [0.15, 0.2) is 0 Å². The number of likely N-dealkylation sites (tertiary alicyclic amines) is 1. The van der Waals surface area contributed by atoms with Gasteiger partial charge in [-0.05, 0) is 37.9 Å². The van der Waals surface area contributed by atoms with Gasteiger partial charge in [-0.15, -0.1) is 5.10 Å². The molecular formula is C17H23N3O. The third-order valence-electron chi connectivity index (χ3n) is 3.96. The lowest BCUT2D eigenvalue weighted by molar-refractivity contribution is 0.203. The molecule has 112 valence electrons. The SMILES string of the molecule is c1ccc(-c2cc(OCCCN3CCCCC3)n[nH]2)cc1. The van der Waals surface area contributed by atoms with E-state index in [9.17, 15) is 0 Å². The van der Waals surface area contributed by atoms with Crippen LogP contribution in [0.15, 0.2) is 36.4 Å². The predicted molar refractivity (Wildman–Crippen MR) is 84.4 cm³/mol. The van der Waals surface area contributed by atoms with Crippen molar-refractivity contribution in [3.05, 3.63) is 36.4 Å². The number of rotatable bonds is 6. The van der Waals surface area contributed by atoms with Crippen molar-refractivity contribution in [2.75, 3.05) is 26.2 Å². The van der Waals surface area contributed by atoms with E-state index in [-0.39, 0.29) is 0 Å². The van der Waals surface area contributed by atoms with Gasteiger partial charge in [-0.25, -0.2) is 0 Å². The van der Waals surface area contributed by atoms with Crippen molar-refractivity contribution in [3.63, 3.8) is 0 Å². The third kappa shape index (κ3) is 4.08. The Morgan fingerprint density at radius 2 is 1.90 bits per heavy atom. The Morgan fingerprint density at radius 1 is 1.10 bits per heavy atom. The molecule has 0 atom stereocenters. The third-order valence-corrected chi connectivity index (χ3v) is 3.96. The van der Waals surface area contributed by atoms with Crippen LogP contribution < -0.4 is 4.74 Å². The van der Waals surface area contributed by atoms with E-state index in [2.05, 4.69) is 27.2 Å². The molecule has 3 rings (SSSR count). The number of benzene rings is 1. The van der Waals surface area contributed by atoms with Crippen LogP contribution in [0.25, 0.3) is 11.3 Å². The van der Waals surface area contributed by atoms with Crippen LogP contribution in [-0.2, 0) is 0 Å². The highest BCUT2D eigenvalue weighted by molar-refractivity contribution is 5.59. The molecule has 21 heavy (non-hydrogen) atoms. The number of nitrogens with zero attached hydrogens (tertiary/aromatic N) is 2. The summed E-state index contributed by atoms with van der Waals surface area (Å²) in [5, 5.41) is 7.24. The molecule has 1 saturated heterocycles. The second-order valence-corrected chi connectivity index (χ2v) is 5.59. The van der Waals surface area contributed by atoms with Crippen molar-refractivity contribution in [1.82, 2.24) is 15.1 Å². The molecule has 1 aromatic heterocycles. The molecule has 1 aliphatic rings. The smallest absolute Gasteiger partial charge is 0.233 e. The van der Waals surface area contributed by atoms with Gasteiger partial charge < -0.3 is 9.64 Å². The number of aromatic amines is 1. The molecule has 1 aromatic carbocycles. The highest BCUT2D eigenvalue weighted by Gasteiger charge is 2.09. The zero-order valence-electron chi connectivity index (χ0n) is 12.4. The molecule has 2 heterocycles. The van der Waals surface area contributed by atoms with E-state index < -0.39 is 0 Å². The number of hydrogen-bond acceptors (Lipinski definition) is 3. The van der Waals surface area contributed by atoms with Gasteiger partial charge in [-0.3, -0.25) is 5.10 Å². The maximum absolute atomic E-state index is 5.73. The summed E-state index contributed by atoms with van der Waals surface area (Å²) < 4.78 is 5.73. The molecule has 0 saturated carbocycles. The van der Waals surface area contributed by atoms with E-state index in [1.165, 1.54) is 32.4 Å². The van der Waals surface area contributed by atoms with Gasteiger partial charge in [-0.1, -0.05) is 36.8 Å². The van der Waals surface area contributed by atoms with Crippen LogP contribution in [0, 0.1) is 0 Å². The lowest BCUT2D eigenvalue weighted by atomic mass is 10.1. The topological polar surface area (TPSA) is 41.1 Å². The molecule has 0 bridgehead atoms. The molecule has 2 aromatic rings. The Hall–Kier alpha value is -1.81. The summed E-state index contributed by atoms with van der Waals surface area (Å²) in [4.78, 5) is 2.53. The van der Waals surface area contributed by atoms with Gasteiger partial charge in [0.25, 0.3) is 0 Å². The maximum atomic E-state index is 5.73. The molecule has 4 nitrogen and oxygen atoms in total. The quantitative estimate of drug-likeness (QED) is 0.828. The molecule has 0 amide bonds. The maximum Gasteiger partial charge on any atom is 0.233 e. The van der Waals surface area contributed by atoms with E-state index in [1.54, 1.807) is 0 Å². The Balaban J connectivity index is 1.42. The normalized spacial score (nSPS) is 16.0. The van der Waals surface area contributed by atoms with E-state index in [0.29, 0.717) is 5.88 Å². The largest absolute Gasteiger partial charge is 0.477 e. The number of H-pyrrole nitrogens is 1. The molecule has 0 aliphatic carbocycles. The van der Waals surface area contributed by atoms with E-state index >= 15 is 0 Å². The summed E-state index contributed by atoms with van der Waals surface area (Å²) in [6.45, 7) is 4.37. The van der Waals surface area contributed by atoms with Crippen LogP contribution in [0.3, 0.4) is 0 Å². The fraction of sp³-hybridized carbons (Fsp3) is 0.471. The van der Waals surface area contributed by atoms with Crippen molar-refractivity contribution >= 4 is 0 Å². The molecule has 0 spiro atoms. The van der Waals surface area contributed by atoms with Gasteiger partial charge in [0.05, 0.1) is 12.3 Å². The molecule has 0 radical (unpaired) electrons. The van der Waals surface area contributed by atoms with Crippen molar-refractivity contribution in [3.8, 4) is 17.1 Å². The number of piperidine rings is 1. The van der Waals surface area contributed by atoms with Gasteiger partial charge in [0.2, 0.25) is 5.88 Å². The highest BCUT2D eigenvalue weighted by Crippen LogP contribution is 2.20. The monoisotopic (exact) mass is 285 g/mol. The summed E-state index contributed by atoms with van der Waals surface area (Å²) in [5.41, 5.74) is 2.13. The summed E-state index contributed by atoms with van der Waals surface area (Å²) in [6, 6.07) is 12.2. The first kappa shape index (κ1) is 14.1. The first-order valence-electron chi connectivity index (χ1n) is 7.88. The van der Waals surface area contributed by atoms with Crippen molar-refractivity contribution < 1.29 is 4.74 Å². The standard InChI is InChI=1S/C17H23N3O/c1-3-8-15(9-4-1)16-14-17(19-18-16)21-13-7-12-20-10-5-2-6-11-20/h1,3-4,8-9,14H,2,5-7,10-13H2,(H,18,19). The van der Waals surface area contributed by atoms with Gasteiger partial charge in [0.1, 0.15) is 0 Å². The first-order valence-corrected chi connectivity index (χ1v) is 7.88. The van der Waals surface area contributed by atoms with E-state index in [0.717, 1.165) is 30.8 Å². The minimum Gasteiger partial charge on any atom is -0.477 e. The zero-order valence-corrected chi connectivity index (χ0v) is 12.4. The first-order chi connectivity index (χ1) is 10.4. The molecule has 1 fully saturated rings. The summed E-state index contributed by atoms with van der Waals surface area (Å²) >= 11 is 0. The Morgan fingerprint density at radius 3 is 2.71 bits per heavy atom. The Kier molecular flexibility index (Phi) is 4.90. The summed E-state index contributed by atoms with van der Waals surface area (Å²) in [6.07, 6.45) is 5.15. The fourth-order valence-corrected chi connectivity index (χ4v) is 2.79. The zero-order chi connectivity index (χ0) is 14.3. The minimum atomic E-state index is 0.687. The predicted octanol–water partition coefficient (Wildman–Crippen LogP) is 3.33. The van der Waals surface area contributed by atoms with E-state index in [1.807, 2.05) is 24.3 Å². The van der Waals surface area contributed by atoms with Crippen LogP contribution in [0.5, 0.6) is 5.88 Å². The number of hydrogen-bond donors (Lipinski definition) is 1. The van der Waals surface area contributed by atoms with Gasteiger partial charge in [-0.2, -0.15) is 0 Å². The van der Waals surface area contributed by atoms with Crippen LogP contribution in [0.4, 0.5) is 0 Å². The Bertz CT molecular complexity index is 532.